The molecule has 0 atom stereocenters. The van der Waals surface area contributed by atoms with E-state index in [2.05, 4.69) is 32.2 Å². The Kier molecular flexibility index (Phi) is 6.47. The Morgan fingerprint density at radius 1 is 1.10 bits per heavy atom. The van der Waals surface area contributed by atoms with E-state index in [1.165, 1.54) is 5.69 Å². The second-order valence-electron chi connectivity index (χ2n) is 7.60. The molecule has 2 aromatic carbocycles. The highest BCUT2D eigenvalue weighted by atomic mass is 16.6. The zero-order valence-electron chi connectivity index (χ0n) is 17.7. The number of hydrogen-bond acceptors (Lipinski definition) is 7. The Bertz CT molecular complexity index is 1030. The van der Waals surface area contributed by atoms with Crippen molar-refractivity contribution in [1.82, 2.24) is 9.88 Å². The number of nitrogens with zero attached hydrogens (tertiary/aromatic N) is 4. The number of anilines is 2. The summed E-state index contributed by atoms with van der Waals surface area (Å²) in [4.78, 5) is 20.1. The third-order valence-corrected chi connectivity index (χ3v) is 5.72. The Morgan fingerprint density at radius 3 is 2.58 bits per heavy atom. The number of nitrogens with one attached hydrogen (secondary N) is 1. The maximum absolute atomic E-state index is 11.2. The quantitative estimate of drug-likeness (QED) is 0.337. The van der Waals surface area contributed by atoms with Crippen LogP contribution in [-0.2, 0) is 0 Å². The van der Waals surface area contributed by atoms with Gasteiger partial charge in [-0.3, -0.25) is 20.0 Å². The van der Waals surface area contributed by atoms with Gasteiger partial charge in [0.15, 0.2) is 0 Å². The van der Waals surface area contributed by atoms with Crippen LogP contribution in [0, 0.1) is 10.1 Å². The molecule has 1 saturated heterocycles. The molecule has 162 valence electrons. The van der Waals surface area contributed by atoms with Crippen molar-refractivity contribution in [2.24, 2.45) is 0 Å². The first-order valence-electron chi connectivity index (χ1n) is 10.5. The fourth-order valence-corrected chi connectivity index (χ4v) is 4.01. The molecule has 1 aromatic heterocycles. The Balaban J connectivity index is 1.25. The second kappa shape index (κ2) is 9.61. The van der Waals surface area contributed by atoms with Gasteiger partial charge in [-0.05, 0) is 55.4 Å². The first-order chi connectivity index (χ1) is 15.2. The number of rotatable bonds is 8. The Morgan fingerprint density at radius 2 is 1.87 bits per heavy atom. The van der Waals surface area contributed by atoms with Crippen molar-refractivity contribution in [1.29, 1.82) is 0 Å². The van der Waals surface area contributed by atoms with Crippen molar-refractivity contribution in [3.63, 3.8) is 0 Å². The number of benzene rings is 2. The minimum Gasteiger partial charge on any atom is -0.497 e. The molecule has 0 bridgehead atoms. The van der Waals surface area contributed by atoms with Gasteiger partial charge in [-0.15, -0.1) is 0 Å². The Hall–Kier alpha value is -3.39. The van der Waals surface area contributed by atoms with Gasteiger partial charge in [0.05, 0.1) is 23.1 Å². The van der Waals surface area contributed by atoms with Gasteiger partial charge in [-0.1, -0.05) is 0 Å². The third-order valence-electron chi connectivity index (χ3n) is 5.72. The highest BCUT2D eigenvalue weighted by Gasteiger charge is 2.17. The van der Waals surface area contributed by atoms with Gasteiger partial charge < -0.3 is 15.0 Å². The van der Waals surface area contributed by atoms with Gasteiger partial charge >= 0.3 is 0 Å². The first kappa shape index (κ1) is 20.9. The number of aromatic nitrogens is 1. The minimum atomic E-state index is -0.362. The number of nitro benzene ring substituents is 1. The van der Waals surface area contributed by atoms with Crippen LogP contribution in [0.1, 0.15) is 6.42 Å². The molecule has 0 amide bonds. The number of piperazine rings is 1. The fourth-order valence-electron chi connectivity index (χ4n) is 4.01. The molecule has 31 heavy (non-hydrogen) atoms. The molecule has 0 radical (unpaired) electrons. The summed E-state index contributed by atoms with van der Waals surface area (Å²) in [5, 5.41) is 15.2. The van der Waals surface area contributed by atoms with Crippen LogP contribution >= 0.6 is 0 Å². The van der Waals surface area contributed by atoms with Crippen LogP contribution in [0.15, 0.2) is 54.7 Å². The molecule has 1 fully saturated rings. The largest absolute Gasteiger partial charge is 0.497 e. The van der Waals surface area contributed by atoms with Gasteiger partial charge in [0.1, 0.15) is 11.3 Å². The van der Waals surface area contributed by atoms with Crippen LogP contribution in [0.5, 0.6) is 5.75 Å². The number of methoxy groups -OCH3 is 1. The molecule has 3 aromatic rings. The van der Waals surface area contributed by atoms with E-state index in [1.54, 1.807) is 37.6 Å². The van der Waals surface area contributed by atoms with Crippen LogP contribution < -0.4 is 15.0 Å². The monoisotopic (exact) mass is 421 g/mol. The molecule has 0 unspecified atom stereocenters. The van der Waals surface area contributed by atoms with Gasteiger partial charge in [0.2, 0.25) is 0 Å². The van der Waals surface area contributed by atoms with E-state index in [9.17, 15) is 10.1 Å². The molecule has 0 saturated carbocycles. The van der Waals surface area contributed by atoms with Crippen molar-refractivity contribution >= 4 is 28.0 Å². The normalized spacial score (nSPS) is 14.5. The zero-order chi connectivity index (χ0) is 21.6. The summed E-state index contributed by atoms with van der Waals surface area (Å²) in [7, 11) is 1.68. The summed E-state index contributed by atoms with van der Waals surface area (Å²) in [6.45, 7) is 5.90. The molecule has 1 N–H and O–H groups in total. The lowest BCUT2D eigenvalue weighted by atomic mass is 10.1. The van der Waals surface area contributed by atoms with Crippen LogP contribution in [0.25, 0.3) is 10.9 Å². The number of hydrogen-bond donors (Lipinski definition) is 1. The van der Waals surface area contributed by atoms with Crippen molar-refractivity contribution < 1.29 is 9.66 Å². The summed E-state index contributed by atoms with van der Waals surface area (Å²) in [5.74, 6) is 0.880. The number of nitro groups is 1. The molecule has 8 nitrogen and oxygen atoms in total. The maximum atomic E-state index is 11.2. The SMILES string of the molecule is COc1ccc(N2CCN(CCCNc3ccc([N+](=O)[O-])c4cccnc34)CC2)cc1. The van der Waals surface area contributed by atoms with E-state index >= 15 is 0 Å². The maximum Gasteiger partial charge on any atom is 0.278 e. The lowest BCUT2D eigenvalue weighted by Gasteiger charge is -2.36. The molecule has 0 spiro atoms. The molecular weight excluding hydrogens is 394 g/mol. The lowest BCUT2D eigenvalue weighted by molar-refractivity contribution is -0.383. The fraction of sp³-hybridized carbons (Fsp3) is 0.348. The highest BCUT2D eigenvalue weighted by molar-refractivity contribution is 5.96. The summed E-state index contributed by atoms with van der Waals surface area (Å²) >= 11 is 0. The van der Waals surface area contributed by atoms with E-state index in [4.69, 9.17) is 4.74 Å². The summed E-state index contributed by atoms with van der Waals surface area (Å²) in [6.07, 6.45) is 2.66. The minimum absolute atomic E-state index is 0.0865. The average Bonchev–Trinajstić information content (AvgIpc) is 2.82. The standard InChI is InChI=1S/C23H27N5O3/c1-31-19-7-5-18(6-8-19)27-16-14-26(15-17-27)13-3-12-24-21-9-10-22(28(29)30)20-4-2-11-25-23(20)21/h2,4-11,24H,3,12-17H2,1H3. The lowest BCUT2D eigenvalue weighted by Crippen LogP contribution is -2.46. The van der Waals surface area contributed by atoms with Gasteiger partial charge in [0.25, 0.3) is 5.69 Å². The molecule has 2 heterocycles. The Labute approximate surface area is 181 Å². The van der Waals surface area contributed by atoms with Crippen molar-refractivity contribution in [2.45, 2.75) is 6.42 Å². The summed E-state index contributed by atoms with van der Waals surface area (Å²) < 4.78 is 5.23. The third kappa shape index (κ3) is 4.86. The summed E-state index contributed by atoms with van der Waals surface area (Å²) in [6, 6.07) is 15.0. The highest BCUT2D eigenvalue weighted by Crippen LogP contribution is 2.29. The van der Waals surface area contributed by atoms with Crippen LogP contribution in [0.2, 0.25) is 0 Å². The van der Waals surface area contributed by atoms with E-state index in [0.717, 1.165) is 57.1 Å². The van der Waals surface area contributed by atoms with Gasteiger partial charge in [-0.25, -0.2) is 0 Å². The second-order valence-corrected chi connectivity index (χ2v) is 7.60. The van der Waals surface area contributed by atoms with Crippen molar-refractivity contribution in [2.75, 3.05) is 56.6 Å². The smallest absolute Gasteiger partial charge is 0.278 e. The first-order valence-corrected chi connectivity index (χ1v) is 10.5. The van der Waals surface area contributed by atoms with E-state index < -0.39 is 0 Å². The van der Waals surface area contributed by atoms with Crippen molar-refractivity contribution in [3.8, 4) is 5.75 Å². The predicted molar refractivity (Wildman–Crippen MR) is 123 cm³/mol. The van der Waals surface area contributed by atoms with Gasteiger partial charge in [-0.2, -0.15) is 0 Å². The molecule has 1 aliphatic rings. The summed E-state index contributed by atoms with van der Waals surface area (Å²) in [5.41, 5.74) is 2.80. The van der Waals surface area contributed by atoms with Gasteiger partial charge in [0, 0.05) is 50.7 Å². The molecule has 4 rings (SSSR count). The van der Waals surface area contributed by atoms with E-state index in [-0.39, 0.29) is 10.6 Å². The topological polar surface area (TPSA) is 83.8 Å². The van der Waals surface area contributed by atoms with Crippen LogP contribution in [0.4, 0.5) is 17.1 Å². The van der Waals surface area contributed by atoms with Crippen LogP contribution in [-0.4, -0.2) is 61.2 Å². The van der Waals surface area contributed by atoms with E-state index in [1.807, 2.05) is 12.1 Å². The molecule has 1 aliphatic heterocycles. The molecule has 0 aliphatic carbocycles. The predicted octanol–water partition coefficient (Wildman–Crippen LogP) is 3.78. The molecule has 8 heteroatoms. The van der Waals surface area contributed by atoms with Crippen LogP contribution in [0.3, 0.4) is 0 Å². The van der Waals surface area contributed by atoms with E-state index in [0.29, 0.717) is 10.9 Å². The number of pyridine rings is 1. The average molecular weight is 422 g/mol. The zero-order valence-corrected chi connectivity index (χ0v) is 17.7. The molecular formula is C23H27N5O3. The van der Waals surface area contributed by atoms with Crippen molar-refractivity contribution in [3.05, 3.63) is 64.8 Å². The number of fused-ring (bicyclic) bond motifs is 1. The number of non-ortho nitro benzene ring substituents is 1. The number of ether oxygens (including phenoxy) is 1.